The summed E-state index contributed by atoms with van der Waals surface area (Å²) in [6.07, 6.45) is 4.07. The molecule has 1 aliphatic heterocycles. The number of rotatable bonds is 4. The summed E-state index contributed by atoms with van der Waals surface area (Å²) < 4.78 is 3.92. The molecule has 4 heterocycles. The molecule has 0 aliphatic carbocycles. The first-order valence-corrected chi connectivity index (χ1v) is 10.1. The van der Waals surface area contributed by atoms with Crippen molar-refractivity contribution >= 4 is 23.1 Å². The average Bonchev–Trinajstić information content (AvgIpc) is 3.27. The normalized spacial score (nSPS) is 17.6. The fourth-order valence-corrected chi connectivity index (χ4v) is 4.50. The summed E-state index contributed by atoms with van der Waals surface area (Å²) in [5, 5.41) is 10.1. The molecule has 0 amide bonds. The molecule has 1 fully saturated rings. The molecule has 1 aliphatic rings. The molecule has 4 rings (SSSR count). The molecule has 0 radical (unpaired) electrons. The number of nitrogens with zero attached hydrogens (tertiary/aromatic N) is 6. The van der Waals surface area contributed by atoms with Gasteiger partial charge in [0, 0.05) is 36.0 Å². The highest BCUT2D eigenvalue weighted by Crippen LogP contribution is 2.40. The van der Waals surface area contributed by atoms with E-state index in [-0.39, 0.29) is 6.04 Å². The first-order chi connectivity index (χ1) is 12.9. The molecule has 0 N–H and O–H groups in total. The van der Waals surface area contributed by atoms with Gasteiger partial charge in [-0.1, -0.05) is 25.4 Å². The number of fused-ring (bicyclic) bond motifs is 1. The van der Waals surface area contributed by atoms with Crippen molar-refractivity contribution in [1.29, 1.82) is 0 Å². The van der Waals surface area contributed by atoms with Crippen molar-refractivity contribution in [2.75, 3.05) is 11.4 Å². The molecule has 1 atom stereocenters. The topological polar surface area (TPSA) is 51.2 Å². The minimum atomic E-state index is 0.216. The van der Waals surface area contributed by atoms with Crippen molar-refractivity contribution in [3.63, 3.8) is 0 Å². The van der Waals surface area contributed by atoms with Crippen LogP contribution in [-0.2, 0) is 6.54 Å². The van der Waals surface area contributed by atoms with E-state index in [0.29, 0.717) is 5.92 Å². The molecule has 0 aromatic carbocycles. The van der Waals surface area contributed by atoms with Crippen LogP contribution in [-0.4, -0.2) is 30.9 Å². The van der Waals surface area contributed by atoms with Crippen LogP contribution in [0.3, 0.4) is 0 Å². The van der Waals surface area contributed by atoms with E-state index in [1.807, 2.05) is 22.3 Å². The number of halogens is 1. The van der Waals surface area contributed by atoms with E-state index < -0.39 is 0 Å². The summed E-state index contributed by atoms with van der Waals surface area (Å²) in [6, 6.07) is 2.34. The molecule has 7 heteroatoms. The molecule has 144 valence electrons. The first kappa shape index (κ1) is 18.3. The van der Waals surface area contributed by atoms with Gasteiger partial charge in [0.1, 0.15) is 11.0 Å². The van der Waals surface area contributed by atoms with Gasteiger partial charge in [-0.05, 0) is 39.5 Å². The molecule has 0 saturated carbocycles. The van der Waals surface area contributed by atoms with Crippen molar-refractivity contribution in [2.24, 2.45) is 5.92 Å². The fraction of sp³-hybridized carbons (Fsp3) is 0.550. The molecule has 1 saturated heterocycles. The molecule has 6 nitrogen and oxygen atoms in total. The van der Waals surface area contributed by atoms with Gasteiger partial charge in [0.25, 0.3) is 0 Å². The summed E-state index contributed by atoms with van der Waals surface area (Å²) >= 11 is 6.80. The Morgan fingerprint density at radius 2 is 2.04 bits per heavy atom. The second-order valence-electron chi connectivity index (χ2n) is 8.04. The lowest BCUT2D eigenvalue weighted by Gasteiger charge is -2.27. The van der Waals surface area contributed by atoms with Gasteiger partial charge in [-0.15, -0.1) is 0 Å². The minimum Gasteiger partial charge on any atom is -0.349 e. The molecule has 1 unspecified atom stereocenters. The summed E-state index contributed by atoms with van der Waals surface area (Å²) in [4.78, 5) is 7.09. The van der Waals surface area contributed by atoms with E-state index in [1.165, 1.54) is 0 Å². The zero-order chi connectivity index (χ0) is 19.3. The van der Waals surface area contributed by atoms with Gasteiger partial charge >= 0.3 is 0 Å². The maximum atomic E-state index is 6.80. The third-order valence-electron chi connectivity index (χ3n) is 5.29. The Hall–Kier alpha value is -2.08. The van der Waals surface area contributed by atoms with E-state index in [2.05, 4.69) is 48.7 Å². The molecule has 0 bridgehead atoms. The number of anilines is 1. The van der Waals surface area contributed by atoms with Gasteiger partial charge in [-0.25, -0.2) is 4.98 Å². The highest BCUT2D eigenvalue weighted by atomic mass is 35.5. The molecular weight excluding hydrogens is 360 g/mol. The number of hydrogen-bond donors (Lipinski definition) is 0. The van der Waals surface area contributed by atoms with E-state index >= 15 is 0 Å². The van der Waals surface area contributed by atoms with Crippen LogP contribution < -0.4 is 4.90 Å². The quantitative estimate of drug-likeness (QED) is 0.662. The maximum Gasteiger partial charge on any atom is 0.160 e. The Morgan fingerprint density at radius 1 is 1.26 bits per heavy atom. The standard InChI is InChI=1S/C20H27ClN6/c1-12(2)11-26-19(21)18(15(5)24-26)16-7-6-8-25(16)17-9-14(4)23-20-13(3)10-22-27(17)20/h9-10,12,16H,6-8,11H2,1-5H3. The van der Waals surface area contributed by atoms with Crippen molar-refractivity contribution in [2.45, 2.75) is 60.0 Å². The van der Waals surface area contributed by atoms with Gasteiger partial charge in [0.2, 0.25) is 0 Å². The van der Waals surface area contributed by atoms with Crippen molar-refractivity contribution in [3.8, 4) is 0 Å². The molecule has 27 heavy (non-hydrogen) atoms. The van der Waals surface area contributed by atoms with Crippen molar-refractivity contribution in [1.82, 2.24) is 24.4 Å². The van der Waals surface area contributed by atoms with E-state index in [0.717, 1.165) is 65.1 Å². The third kappa shape index (κ3) is 3.10. The predicted molar refractivity (Wildman–Crippen MR) is 109 cm³/mol. The van der Waals surface area contributed by atoms with Gasteiger partial charge in [0.05, 0.1) is 17.9 Å². The second kappa shape index (κ2) is 6.82. The lowest BCUT2D eigenvalue weighted by Crippen LogP contribution is -2.26. The molecule has 0 spiro atoms. The first-order valence-electron chi connectivity index (χ1n) is 9.68. The summed E-state index contributed by atoms with van der Waals surface area (Å²) in [7, 11) is 0. The second-order valence-corrected chi connectivity index (χ2v) is 8.39. The Morgan fingerprint density at radius 3 is 2.78 bits per heavy atom. The van der Waals surface area contributed by atoms with Crippen LogP contribution in [0, 0.1) is 26.7 Å². The van der Waals surface area contributed by atoms with Gasteiger partial charge < -0.3 is 4.90 Å². The predicted octanol–water partition coefficient (Wildman–Crippen LogP) is 4.50. The van der Waals surface area contributed by atoms with E-state index in [1.54, 1.807) is 0 Å². The smallest absolute Gasteiger partial charge is 0.160 e. The van der Waals surface area contributed by atoms with Crippen LogP contribution in [0.4, 0.5) is 5.82 Å². The van der Waals surface area contributed by atoms with Crippen LogP contribution in [0.2, 0.25) is 5.15 Å². The lowest BCUT2D eigenvalue weighted by atomic mass is 10.1. The highest BCUT2D eigenvalue weighted by Gasteiger charge is 2.33. The monoisotopic (exact) mass is 386 g/mol. The minimum absolute atomic E-state index is 0.216. The number of aromatic nitrogens is 5. The maximum absolute atomic E-state index is 6.80. The zero-order valence-electron chi connectivity index (χ0n) is 16.7. The molecular formula is C20H27ClN6. The largest absolute Gasteiger partial charge is 0.349 e. The van der Waals surface area contributed by atoms with Crippen LogP contribution in [0.25, 0.3) is 5.65 Å². The number of aryl methyl sites for hydroxylation is 3. The van der Waals surface area contributed by atoms with Crippen LogP contribution in [0.15, 0.2) is 12.3 Å². The van der Waals surface area contributed by atoms with E-state index in [9.17, 15) is 0 Å². The average molecular weight is 387 g/mol. The fourth-order valence-electron chi connectivity index (χ4n) is 4.13. The van der Waals surface area contributed by atoms with Crippen LogP contribution in [0.5, 0.6) is 0 Å². The van der Waals surface area contributed by atoms with Crippen LogP contribution in [0.1, 0.15) is 55.2 Å². The SMILES string of the molecule is Cc1cc(N2CCCC2c2c(C)nn(CC(C)C)c2Cl)n2ncc(C)c2n1. The third-order valence-corrected chi connectivity index (χ3v) is 5.68. The van der Waals surface area contributed by atoms with Gasteiger partial charge in [-0.3, -0.25) is 4.68 Å². The Balaban J connectivity index is 1.80. The van der Waals surface area contributed by atoms with Crippen molar-refractivity contribution < 1.29 is 0 Å². The summed E-state index contributed by atoms with van der Waals surface area (Å²) in [6.45, 7) is 12.4. The summed E-state index contributed by atoms with van der Waals surface area (Å²) in [5.41, 5.74) is 5.20. The lowest BCUT2D eigenvalue weighted by molar-refractivity contribution is 0.481. The van der Waals surface area contributed by atoms with Gasteiger partial charge in [-0.2, -0.15) is 14.7 Å². The molecule has 3 aromatic rings. The zero-order valence-corrected chi connectivity index (χ0v) is 17.5. The summed E-state index contributed by atoms with van der Waals surface area (Å²) in [5.74, 6) is 1.59. The Kier molecular flexibility index (Phi) is 4.62. The number of hydrogen-bond acceptors (Lipinski definition) is 4. The highest BCUT2D eigenvalue weighted by molar-refractivity contribution is 6.30. The Bertz CT molecular complexity index is 986. The Labute approximate surface area is 165 Å². The van der Waals surface area contributed by atoms with Crippen LogP contribution >= 0.6 is 11.6 Å². The molecule has 3 aromatic heterocycles. The van der Waals surface area contributed by atoms with Crippen molar-refractivity contribution in [3.05, 3.63) is 39.9 Å². The van der Waals surface area contributed by atoms with Gasteiger partial charge in [0.15, 0.2) is 5.65 Å². The van der Waals surface area contributed by atoms with E-state index in [4.69, 9.17) is 16.7 Å².